The Morgan fingerprint density at radius 3 is 2.35 bits per heavy atom. The van der Waals surface area contributed by atoms with Gasteiger partial charge in [0.25, 0.3) is 0 Å². The third kappa shape index (κ3) is 6.60. The van der Waals surface area contributed by atoms with Crippen LogP contribution >= 0.6 is 0 Å². The van der Waals surface area contributed by atoms with Crippen molar-refractivity contribution < 1.29 is 22.3 Å². The Kier molecular flexibility index (Phi) is 7.53. The highest BCUT2D eigenvalue weighted by atomic mass is 32.2. The smallest absolute Gasteiger partial charge is 0.238 e. The number of benzene rings is 2. The van der Waals surface area contributed by atoms with Crippen LogP contribution in [0.2, 0.25) is 0 Å². The van der Waals surface area contributed by atoms with Crippen LogP contribution in [0.3, 0.4) is 0 Å². The molecule has 0 bridgehead atoms. The number of anilines is 4. The minimum absolute atomic E-state index is 0.0142. The van der Waals surface area contributed by atoms with Gasteiger partial charge in [-0.3, -0.25) is 4.90 Å². The topological polar surface area (TPSA) is 132 Å². The van der Waals surface area contributed by atoms with Crippen LogP contribution in [0.5, 0.6) is 5.75 Å². The van der Waals surface area contributed by atoms with Crippen LogP contribution in [0.4, 0.5) is 27.5 Å². The van der Waals surface area contributed by atoms with Gasteiger partial charge in [0.05, 0.1) is 24.3 Å². The molecular formula is C22H25FN6O4S. The van der Waals surface area contributed by atoms with E-state index in [9.17, 15) is 12.8 Å². The van der Waals surface area contributed by atoms with Crippen molar-refractivity contribution >= 4 is 33.2 Å². The second kappa shape index (κ2) is 10.7. The molecule has 180 valence electrons. The van der Waals surface area contributed by atoms with Crippen molar-refractivity contribution in [3.05, 3.63) is 60.5 Å². The lowest BCUT2D eigenvalue weighted by atomic mass is 10.3. The number of halogens is 1. The minimum Gasteiger partial charge on any atom is -0.492 e. The van der Waals surface area contributed by atoms with E-state index in [2.05, 4.69) is 25.5 Å². The van der Waals surface area contributed by atoms with E-state index in [4.69, 9.17) is 14.6 Å². The summed E-state index contributed by atoms with van der Waals surface area (Å²) < 4.78 is 48.1. The van der Waals surface area contributed by atoms with Crippen LogP contribution in [0.25, 0.3) is 0 Å². The van der Waals surface area contributed by atoms with E-state index in [0.29, 0.717) is 23.7 Å². The third-order valence-corrected chi connectivity index (χ3v) is 6.01. The highest BCUT2D eigenvalue weighted by Crippen LogP contribution is 2.23. The number of sulfonamides is 1. The highest BCUT2D eigenvalue weighted by Gasteiger charge is 2.11. The Bertz CT molecular complexity index is 1200. The number of nitrogens with zero attached hydrogens (tertiary/aromatic N) is 3. The number of hydrogen-bond donors (Lipinski definition) is 3. The van der Waals surface area contributed by atoms with Crippen LogP contribution in [0, 0.1) is 5.82 Å². The predicted molar refractivity (Wildman–Crippen MR) is 126 cm³/mol. The summed E-state index contributed by atoms with van der Waals surface area (Å²) in [5, 5.41) is 10.9. The van der Waals surface area contributed by atoms with Crippen molar-refractivity contribution in [2.75, 3.05) is 50.1 Å². The van der Waals surface area contributed by atoms with E-state index < -0.39 is 15.8 Å². The fraction of sp³-hybridized carbons (Fsp3) is 0.273. The molecule has 0 atom stereocenters. The van der Waals surface area contributed by atoms with Crippen molar-refractivity contribution in [1.29, 1.82) is 0 Å². The number of nitrogens with two attached hydrogens (primary N) is 1. The van der Waals surface area contributed by atoms with Crippen LogP contribution < -0.4 is 20.5 Å². The lowest BCUT2D eigenvalue weighted by Crippen LogP contribution is -2.38. The first kappa shape index (κ1) is 23.8. The fourth-order valence-electron chi connectivity index (χ4n) is 3.26. The molecule has 0 saturated carbocycles. The van der Waals surface area contributed by atoms with E-state index in [1.165, 1.54) is 24.3 Å². The Morgan fingerprint density at radius 1 is 1.03 bits per heavy atom. The summed E-state index contributed by atoms with van der Waals surface area (Å²) in [7, 11) is -3.79. The summed E-state index contributed by atoms with van der Waals surface area (Å²) in [6, 6.07) is 12.9. The lowest BCUT2D eigenvalue weighted by Gasteiger charge is -2.26. The largest absolute Gasteiger partial charge is 0.492 e. The first-order valence-electron chi connectivity index (χ1n) is 10.6. The van der Waals surface area contributed by atoms with E-state index in [0.717, 1.165) is 39.0 Å². The number of morpholine rings is 1. The molecule has 1 aliphatic heterocycles. The Hall–Kier alpha value is -3.32. The van der Waals surface area contributed by atoms with Gasteiger partial charge in [0.1, 0.15) is 12.4 Å². The van der Waals surface area contributed by atoms with Gasteiger partial charge in [-0.25, -0.2) is 22.9 Å². The molecule has 0 unspecified atom stereocenters. The van der Waals surface area contributed by atoms with Gasteiger partial charge in [-0.15, -0.1) is 0 Å². The zero-order valence-corrected chi connectivity index (χ0v) is 19.1. The zero-order chi connectivity index (χ0) is 24.0. The Morgan fingerprint density at radius 2 is 1.68 bits per heavy atom. The lowest BCUT2D eigenvalue weighted by molar-refractivity contribution is 0.0322. The van der Waals surface area contributed by atoms with Crippen LogP contribution in [0.1, 0.15) is 0 Å². The normalized spacial score (nSPS) is 14.5. The number of ether oxygens (including phenoxy) is 2. The molecule has 4 rings (SSSR count). The summed E-state index contributed by atoms with van der Waals surface area (Å²) in [6.45, 7) is 4.73. The summed E-state index contributed by atoms with van der Waals surface area (Å²) in [4.78, 5) is 10.4. The second-order valence-electron chi connectivity index (χ2n) is 7.54. The molecule has 12 heteroatoms. The van der Waals surface area contributed by atoms with Crippen LogP contribution in [0.15, 0.2) is 59.6 Å². The number of hydrogen-bond acceptors (Lipinski definition) is 9. The summed E-state index contributed by atoms with van der Waals surface area (Å²) in [5.41, 5.74) is 1.14. The van der Waals surface area contributed by atoms with Gasteiger partial charge in [-0.1, -0.05) is 0 Å². The molecule has 0 radical (unpaired) electrons. The summed E-state index contributed by atoms with van der Waals surface area (Å²) in [5.74, 6) is 0.211. The van der Waals surface area contributed by atoms with Crippen LogP contribution in [-0.4, -0.2) is 62.7 Å². The SMILES string of the molecule is NS(=O)(=O)c1ccc(Nc2ncc(F)c(Nc3ccc(OCCN4CCOCC4)cc3)n2)cc1. The molecule has 1 aliphatic rings. The fourth-order valence-corrected chi connectivity index (χ4v) is 3.78. The molecule has 1 saturated heterocycles. The van der Waals surface area contributed by atoms with Crippen molar-refractivity contribution in [2.45, 2.75) is 4.90 Å². The van der Waals surface area contributed by atoms with E-state index in [-0.39, 0.29) is 16.7 Å². The standard InChI is InChI=1S/C22H25FN6O4S/c23-20-15-25-22(27-17-3-7-19(8-4-17)34(24,30)31)28-21(20)26-16-1-5-18(6-2-16)33-14-11-29-9-12-32-13-10-29/h1-8,15H,9-14H2,(H2,24,30,31)(H2,25,26,27,28). The average molecular weight is 489 g/mol. The molecule has 2 heterocycles. The van der Waals surface area contributed by atoms with Gasteiger partial charge in [-0.2, -0.15) is 4.98 Å². The van der Waals surface area contributed by atoms with Gasteiger partial charge in [0.2, 0.25) is 16.0 Å². The van der Waals surface area contributed by atoms with Crippen molar-refractivity contribution in [2.24, 2.45) is 5.14 Å². The number of rotatable bonds is 9. The molecule has 1 fully saturated rings. The summed E-state index contributed by atoms with van der Waals surface area (Å²) in [6.07, 6.45) is 1.04. The molecular weight excluding hydrogens is 463 g/mol. The van der Waals surface area contributed by atoms with Gasteiger partial charge < -0.3 is 20.1 Å². The van der Waals surface area contributed by atoms with Crippen molar-refractivity contribution in [1.82, 2.24) is 14.9 Å². The number of nitrogens with one attached hydrogen (secondary N) is 2. The van der Waals surface area contributed by atoms with Crippen molar-refractivity contribution in [3.63, 3.8) is 0 Å². The van der Waals surface area contributed by atoms with Gasteiger partial charge in [-0.05, 0) is 48.5 Å². The van der Waals surface area contributed by atoms with E-state index in [1.54, 1.807) is 24.3 Å². The summed E-state index contributed by atoms with van der Waals surface area (Å²) >= 11 is 0. The molecule has 2 aromatic carbocycles. The quantitative estimate of drug-likeness (QED) is 0.415. The second-order valence-corrected chi connectivity index (χ2v) is 9.10. The van der Waals surface area contributed by atoms with Crippen LogP contribution in [-0.2, 0) is 14.8 Å². The molecule has 0 spiro atoms. The average Bonchev–Trinajstić information content (AvgIpc) is 2.83. The van der Waals surface area contributed by atoms with Crippen molar-refractivity contribution in [3.8, 4) is 5.75 Å². The maximum atomic E-state index is 14.3. The van der Waals surface area contributed by atoms with E-state index in [1.807, 2.05) is 0 Å². The maximum Gasteiger partial charge on any atom is 0.238 e. The predicted octanol–water partition coefficient (Wildman–Crippen LogP) is 2.46. The first-order chi connectivity index (χ1) is 16.4. The molecule has 0 aliphatic carbocycles. The molecule has 34 heavy (non-hydrogen) atoms. The molecule has 3 aromatic rings. The van der Waals surface area contributed by atoms with Gasteiger partial charge >= 0.3 is 0 Å². The Labute approximate surface area is 197 Å². The molecule has 10 nitrogen and oxygen atoms in total. The number of primary sulfonamides is 1. The number of aromatic nitrogens is 2. The maximum absolute atomic E-state index is 14.3. The zero-order valence-electron chi connectivity index (χ0n) is 18.3. The van der Waals surface area contributed by atoms with E-state index >= 15 is 0 Å². The monoisotopic (exact) mass is 488 g/mol. The molecule has 0 amide bonds. The Balaban J connectivity index is 1.34. The first-order valence-corrected chi connectivity index (χ1v) is 12.1. The highest BCUT2D eigenvalue weighted by molar-refractivity contribution is 7.89. The third-order valence-electron chi connectivity index (χ3n) is 5.08. The minimum atomic E-state index is -3.79. The molecule has 4 N–H and O–H groups in total. The van der Waals surface area contributed by atoms with Gasteiger partial charge in [0.15, 0.2) is 11.6 Å². The molecule has 1 aromatic heterocycles. The van der Waals surface area contributed by atoms with Gasteiger partial charge in [0, 0.05) is 31.0 Å².